The van der Waals surface area contributed by atoms with Gasteiger partial charge in [0.2, 0.25) is 0 Å². The van der Waals surface area contributed by atoms with E-state index in [0.717, 1.165) is 19.0 Å². The van der Waals surface area contributed by atoms with Crippen molar-refractivity contribution in [2.75, 3.05) is 13.1 Å². The number of nitrogens with two attached hydrogens (primary N) is 1. The molecule has 2 N–H and O–H groups in total. The molecule has 1 aliphatic heterocycles. The number of rotatable bonds is 2. The first-order chi connectivity index (χ1) is 8.36. The summed E-state index contributed by atoms with van der Waals surface area (Å²) in [5.74, 6) is 0. The van der Waals surface area contributed by atoms with Crippen molar-refractivity contribution in [3.05, 3.63) is 33.8 Å². The van der Waals surface area contributed by atoms with E-state index >= 15 is 0 Å². The third kappa shape index (κ3) is 4.34. The van der Waals surface area contributed by atoms with Crippen LogP contribution in [0, 0.1) is 0 Å². The van der Waals surface area contributed by atoms with Crippen LogP contribution in [0.3, 0.4) is 0 Å². The molecule has 1 aromatic rings. The summed E-state index contributed by atoms with van der Waals surface area (Å²) in [5, 5.41) is 0. The predicted octanol–water partition coefficient (Wildman–Crippen LogP) is 3.42. The molecule has 0 unspecified atom stereocenters. The highest BCUT2D eigenvalue weighted by Crippen LogP contribution is 2.34. The monoisotopic (exact) mass is 358 g/mol. The van der Waals surface area contributed by atoms with E-state index in [-0.39, 0.29) is 18.4 Å². The zero-order valence-electron chi connectivity index (χ0n) is 10.1. The van der Waals surface area contributed by atoms with Crippen molar-refractivity contribution in [2.45, 2.75) is 25.2 Å². The molecular formula is C12H15BrClF3N2. The van der Waals surface area contributed by atoms with E-state index in [0.29, 0.717) is 23.1 Å². The van der Waals surface area contributed by atoms with Gasteiger partial charge in [0.05, 0.1) is 5.56 Å². The summed E-state index contributed by atoms with van der Waals surface area (Å²) >= 11 is 3.08. The van der Waals surface area contributed by atoms with Gasteiger partial charge < -0.3 is 5.73 Å². The summed E-state index contributed by atoms with van der Waals surface area (Å²) in [4.78, 5) is 1.96. The van der Waals surface area contributed by atoms with Crippen molar-refractivity contribution in [2.24, 2.45) is 5.73 Å². The second kappa shape index (κ2) is 6.43. The van der Waals surface area contributed by atoms with Crippen molar-refractivity contribution in [1.29, 1.82) is 0 Å². The maximum Gasteiger partial charge on any atom is 0.416 e. The van der Waals surface area contributed by atoms with Crippen LogP contribution in [0.2, 0.25) is 0 Å². The summed E-state index contributed by atoms with van der Waals surface area (Å²) in [6.07, 6.45) is -3.47. The van der Waals surface area contributed by atoms with Gasteiger partial charge in [-0.2, -0.15) is 13.2 Å². The van der Waals surface area contributed by atoms with Crippen molar-refractivity contribution < 1.29 is 13.2 Å². The van der Waals surface area contributed by atoms with Crippen molar-refractivity contribution in [1.82, 2.24) is 4.90 Å². The average molecular weight is 360 g/mol. The number of benzene rings is 1. The summed E-state index contributed by atoms with van der Waals surface area (Å²) in [6, 6.07) is 4.37. The molecule has 0 saturated carbocycles. The van der Waals surface area contributed by atoms with E-state index in [1.54, 1.807) is 6.07 Å². The summed E-state index contributed by atoms with van der Waals surface area (Å²) in [6.45, 7) is 1.72. The Kier molecular flexibility index (Phi) is 5.67. The SMILES string of the molecule is Cl.N[C@@H]1CCN(Cc2ccc(Br)cc2C(F)(F)F)C1. The Bertz CT molecular complexity index is 439. The fraction of sp³-hybridized carbons (Fsp3) is 0.500. The molecule has 19 heavy (non-hydrogen) atoms. The van der Waals surface area contributed by atoms with Crippen molar-refractivity contribution in [3.63, 3.8) is 0 Å². The molecular weight excluding hydrogens is 344 g/mol. The molecule has 0 amide bonds. The lowest BCUT2D eigenvalue weighted by Gasteiger charge is -2.19. The molecule has 1 saturated heterocycles. The number of hydrogen-bond donors (Lipinski definition) is 1. The predicted molar refractivity (Wildman–Crippen MR) is 74.3 cm³/mol. The first kappa shape index (κ1) is 16.8. The zero-order valence-corrected chi connectivity index (χ0v) is 12.5. The molecule has 0 spiro atoms. The normalized spacial score (nSPS) is 20.4. The molecule has 0 bridgehead atoms. The quantitative estimate of drug-likeness (QED) is 0.877. The highest BCUT2D eigenvalue weighted by molar-refractivity contribution is 9.10. The van der Waals surface area contributed by atoms with Gasteiger partial charge in [-0.3, -0.25) is 4.90 Å². The molecule has 7 heteroatoms. The second-order valence-corrected chi connectivity index (χ2v) is 5.50. The first-order valence-corrected chi connectivity index (χ1v) is 6.49. The van der Waals surface area contributed by atoms with Crippen molar-refractivity contribution in [3.8, 4) is 0 Å². The van der Waals surface area contributed by atoms with Gasteiger partial charge in [0.1, 0.15) is 0 Å². The minimum atomic E-state index is -4.32. The van der Waals surface area contributed by atoms with Crippen LogP contribution in [0.4, 0.5) is 13.2 Å². The largest absolute Gasteiger partial charge is 0.416 e. The average Bonchev–Trinajstić information content (AvgIpc) is 2.65. The first-order valence-electron chi connectivity index (χ1n) is 5.70. The maximum atomic E-state index is 12.9. The fourth-order valence-electron chi connectivity index (χ4n) is 2.20. The van der Waals surface area contributed by atoms with Gasteiger partial charge in [-0.15, -0.1) is 12.4 Å². The Morgan fingerprint density at radius 3 is 2.58 bits per heavy atom. The molecule has 1 aliphatic rings. The van der Waals surface area contributed by atoms with Crippen LogP contribution in [-0.2, 0) is 12.7 Å². The molecule has 0 aromatic heterocycles. The van der Waals surface area contributed by atoms with Crippen LogP contribution < -0.4 is 5.73 Å². The molecule has 1 atom stereocenters. The molecule has 1 heterocycles. The lowest BCUT2D eigenvalue weighted by molar-refractivity contribution is -0.138. The smallest absolute Gasteiger partial charge is 0.326 e. The molecule has 2 rings (SSSR count). The van der Waals surface area contributed by atoms with Gasteiger partial charge in [-0.25, -0.2) is 0 Å². The number of hydrogen-bond acceptors (Lipinski definition) is 2. The Morgan fingerprint density at radius 2 is 2.05 bits per heavy atom. The molecule has 1 aromatic carbocycles. The summed E-state index contributed by atoms with van der Waals surface area (Å²) < 4.78 is 39.2. The fourth-order valence-corrected chi connectivity index (χ4v) is 2.56. The van der Waals surface area contributed by atoms with E-state index in [2.05, 4.69) is 15.9 Å². The Balaban J connectivity index is 0.00000180. The van der Waals surface area contributed by atoms with Crippen LogP contribution in [0.15, 0.2) is 22.7 Å². The third-order valence-electron chi connectivity index (χ3n) is 3.08. The summed E-state index contributed by atoms with van der Waals surface area (Å²) in [7, 11) is 0. The lowest BCUT2D eigenvalue weighted by atomic mass is 10.1. The Morgan fingerprint density at radius 1 is 1.37 bits per heavy atom. The van der Waals surface area contributed by atoms with Gasteiger partial charge in [0, 0.05) is 30.1 Å². The number of alkyl halides is 3. The Hall–Kier alpha value is -0.300. The van der Waals surface area contributed by atoms with E-state index in [1.165, 1.54) is 6.07 Å². The maximum absolute atomic E-state index is 12.9. The molecule has 1 fully saturated rings. The molecule has 2 nitrogen and oxygen atoms in total. The van der Waals surface area contributed by atoms with E-state index in [9.17, 15) is 13.2 Å². The minimum Gasteiger partial charge on any atom is -0.326 e. The highest BCUT2D eigenvalue weighted by atomic mass is 79.9. The van der Waals surface area contributed by atoms with Crippen LogP contribution in [0.25, 0.3) is 0 Å². The lowest BCUT2D eigenvalue weighted by Crippen LogP contribution is -2.27. The van der Waals surface area contributed by atoms with Gasteiger partial charge in [0.25, 0.3) is 0 Å². The molecule has 0 radical (unpaired) electrons. The minimum absolute atomic E-state index is 0. The van der Waals surface area contributed by atoms with E-state index in [1.807, 2.05) is 4.90 Å². The van der Waals surface area contributed by atoms with Crippen molar-refractivity contribution >= 4 is 28.3 Å². The van der Waals surface area contributed by atoms with E-state index in [4.69, 9.17) is 5.73 Å². The van der Waals surface area contributed by atoms with Crippen LogP contribution in [0.5, 0.6) is 0 Å². The van der Waals surface area contributed by atoms with Crippen LogP contribution in [-0.4, -0.2) is 24.0 Å². The topological polar surface area (TPSA) is 29.3 Å². The molecule has 108 valence electrons. The van der Waals surface area contributed by atoms with E-state index < -0.39 is 11.7 Å². The van der Waals surface area contributed by atoms with Gasteiger partial charge in [-0.05, 0) is 24.1 Å². The van der Waals surface area contributed by atoms with Gasteiger partial charge >= 0.3 is 6.18 Å². The van der Waals surface area contributed by atoms with Crippen LogP contribution >= 0.6 is 28.3 Å². The summed E-state index contributed by atoms with van der Waals surface area (Å²) in [5.41, 5.74) is 5.49. The highest BCUT2D eigenvalue weighted by Gasteiger charge is 2.34. The zero-order chi connectivity index (χ0) is 13.3. The number of nitrogens with zero attached hydrogens (tertiary/aromatic N) is 1. The number of halogens is 5. The number of likely N-dealkylation sites (tertiary alicyclic amines) is 1. The standard InChI is InChI=1S/C12H14BrF3N2.ClH/c13-9-2-1-8(11(5-9)12(14,15)16)6-18-4-3-10(17)7-18;/h1-2,5,10H,3-4,6-7,17H2;1H/t10-;/m1./s1. The Labute approximate surface area is 124 Å². The van der Waals surface area contributed by atoms with Gasteiger partial charge in [0.15, 0.2) is 0 Å². The van der Waals surface area contributed by atoms with Crippen LogP contribution in [0.1, 0.15) is 17.5 Å². The molecule has 0 aliphatic carbocycles. The third-order valence-corrected chi connectivity index (χ3v) is 3.57. The van der Waals surface area contributed by atoms with Gasteiger partial charge in [-0.1, -0.05) is 22.0 Å². The second-order valence-electron chi connectivity index (χ2n) is 4.58.